The Morgan fingerprint density at radius 1 is 1.47 bits per heavy atom. The van der Waals surface area contributed by atoms with Crippen molar-refractivity contribution in [3.8, 4) is 11.1 Å². The molecule has 78 valence electrons. The molecule has 0 fully saturated rings. The summed E-state index contributed by atoms with van der Waals surface area (Å²) in [7, 11) is 0. The molecule has 2 rings (SSSR count). The van der Waals surface area contributed by atoms with Crippen LogP contribution in [0.25, 0.3) is 11.1 Å². The quantitative estimate of drug-likeness (QED) is 0.797. The molecule has 0 radical (unpaired) electrons. The first-order valence-corrected chi connectivity index (χ1v) is 5.49. The van der Waals surface area contributed by atoms with E-state index in [0.29, 0.717) is 10.5 Å². The maximum atomic E-state index is 13.2. The van der Waals surface area contributed by atoms with E-state index in [9.17, 15) is 4.39 Å². The molecule has 0 unspecified atom stereocenters. The summed E-state index contributed by atoms with van der Waals surface area (Å²) in [5.41, 5.74) is 7.06. The zero-order valence-corrected chi connectivity index (χ0v) is 8.84. The second-order valence-corrected chi connectivity index (χ2v) is 3.80. The molecule has 2 N–H and O–H groups in total. The molecule has 0 aliphatic carbocycles. The number of halogens is 1. The van der Waals surface area contributed by atoms with Crippen LogP contribution in [0.4, 0.5) is 10.3 Å². The Balaban J connectivity index is 2.51. The molecule has 15 heavy (non-hydrogen) atoms. The van der Waals surface area contributed by atoms with E-state index in [1.54, 1.807) is 12.1 Å². The molecule has 5 heteroatoms. The lowest BCUT2D eigenvalue weighted by Gasteiger charge is -2.02. The van der Waals surface area contributed by atoms with E-state index in [4.69, 9.17) is 10.3 Å². The Hall–Kier alpha value is -1.49. The van der Waals surface area contributed by atoms with Gasteiger partial charge in [-0.2, -0.15) is 0 Å². The SMILES string of the molecule is CSc1cc(-c2cnoc2N)ccc1F. The summed E-state index contributed by atoms with van der Waals surface area (Å²) in [5.74, 6) is 0.00920. The van der Waals surface area contributed by atoms with Gasteiger partial charge < -0.3 is 10.3 Å². The first-order valence-electron chi connectivity index (χ1n) is 4.26. The fourth-order valence-corrected chi connectivity index (χ4v) is 1.80. The number of aromatic nitrogens is 1. The number of nitrogen functional groups attached to an aromatic ring is 1. The normalized spacial score (nSPS) is 10.5. The van der Waals surface area contributed by atoms with Crippen molar-refractivity contribution in [1.29, 1.82) is 0 Å². The van der Waals surface area contributed by atoms with Gasteiger partial charge in [-0.15, -0.1) is 11.8 Å². The molecular weight excluding hydrogens is 215 g/mol. The zero-order valence-electron chi connectivity index (χ0n) is 8.03. The van der Waals surface area contributed by atoms with E-state index >= 15 is 0 Å². The second kappa shape index (κ2) is 3.94. The number of nitrogens with zero attached hydrogens (tertiary/aromatic N) is 1. The molecule has 0 saturated heterocycles. The number of hydrogen-bond acceptors (Lipinski definition) is 4. The number of benzene rings is 1. The maximum Gasteiger partial charge on any atom is 0.229 e. The molecule has 0 saturated carbocycles. The van der Waals surface area contributed by atoms with Crippen molar-refractivity contribution in [2.75, 3.05) is 12.0 Å². The fourth-order valence-electron chi connectivity index (χ4n) is 1.29. The van der Waals surface area contributed by atoms with Crippen LogP contribution in [0, 0.1) is 5.82 Å². The molecule has 1 heterocycles. The lowest BCUT2D eigenvalue weighted by Crippen LogP contribution is -1.86. The molecule has 0 aliphatic heterocycles. The standard InChI is InChI=1S/C10H9FN2OS/c1-15-9-4-6(2-3-8(9)11)7-5-13-14-10(7)12/h2-5H,12H2,1H3. The Morgan fingerprint density at radius 3 is 2.87 bits per heavy atom. The van der Waals surface area contributed by atoms with Gasteiger partial charge in [-0.05, 0) is 24.0 Å². The number of hydrogen-bond donors (Lipinski definition) is 1. The topological polar surface area (TPSA) is 52.0 Å². The molecule has 0 aliphatic rings. The van der Waals surface area contributed by atoms with Gasteiger partial charge in [0, 0.05) is 4.90 Å². The van der Waals surface area contributed by atoms with E-state index in [2.05, 4.69) is 5.16 Å². The maximum absolute atomic E-state index is 13.2. The number of nitrogens with two attached hydrogens (primary N) is 1. The molecule has 2 aromatic rings. The zero-order chi connectivity index (χ0) is 10.8. The van der Waals surface area contributed by atoms with Crippen LogP contribution in [-0.2, 0) is 0 Å². The molecule has 1 aromatic heterocycles. The third-order valence-corrected chi connectivity index (χ3v) is 2.81. The Kier molecular flexibility index (Phi) is 2.64. The first-order chi connectivity index (χ1) is 7.22. The van der Waals surface area contributed by atoms with Crippen molar-refractivity contribution >= 4 is 17.6 Å². The smallest absolute Gasteiger partial charge is 0.229 e. The van der Waals surface area contributed by atoms with Crippen molar-refractivity contribution in [2.24, 2.45) is 0 Å². The summed E-state index contributed by atoms with van der Waals surface area (Å²) < 4.78 is 18.0. The van der Waals surface area contributed by atoms with Gasteiger partial charge in [0.05, 0.1) is 11.8 Å². The van der Waals surface area contributed by atoms with Crippen LogP contribution in [0.1, 0.15) is 0 Å². The van der Waals surface area contributed by atoms with Crippen LogP contribution in [0.5, 0.6) is 0 Å². The van der Waals surface area contributed by atoms with E-state index in [0.717, 1.165) is 5.56 Å². The Morgan fingerprint density at radius 2 is 2.27 bits per heavy atom. The Bertz CT molecular complexity index is 484. The highest BCUT2D eigenvalue weighted by atomic mass is 32.2. The first kappa shape index (κ1) is 10.0. The lowest BCUT2D eigenvalue weighted by molar-refractivity contribution is 0.436. The highest BCUT2D eigenvalue weighted by molar-refractivity contribution is 7.98. The molecule has 0 bridgehead atoms. The van der Waals surface area contributed by atoms with E-state index in [-0.39, 0.29) is 11.7 Å². The van der Waals surface area contributed by atoms with Crippen LogP contribution in [0.15, 0.2) is 33.8 Å². The molecule has 0 atom stereocenters. The van der Waals surface area contributed by atoms with Gasteiger partial charge in [-0.3, -0.25) is 0 Å². The number of rotatable bonds is 2. The summed E-state index contributed by atoms with van der Waals surface area (Å²) in [6.45, 7) is 0. The van der Waals surface area contributed by atoms with Gasteiger partial charge in [-0.1, -0.05) is 11.2 Å². The Labute approximate surface area is 90.4 Å². The highest BCUT2D eigenvalue weighted by Gasteiger charge is 2.09. The van der Waals surface area contributed by atoms with Gasteiger partial charge in [0.15, 0.2) is 0 Å². The van der Waals surface area contributed by atoms with Crippen molar-refractivity contribution in [1.82, 2.24) is 5.16 Å². The molecule has 3 nitrogen and oxygen atoms in total. The van der Waals surface area contributed by atoms with Gasteiger partial charge in [0.25, 0.3) is 0 Å². The second-order valence-electron chi connectivity index (χ2n) is 2.95. The summed E-state index contributed by atoms with van der Waals surface area (Å²) in [6, 6.07) is 4.79. The van der Waals surface area contributed by atoms with Crippen LogP contribution >= 0.6 is 11.8 Å². The van der Waals surface area contributed by atoms with Crippen molar-refractivity contribution in [3.05, 3.63) is 30.2 Å². The molecule has 0 spiro atoms. The predicted molar refractivity (Wildman–Crippen MR) is 58.1 cm³/mol. The van der Waals surface area contributed by atoms with Gasteiger partial charge in [-0.25, -0.2) is 4.39 Å². The summed E-state index contributed by atoms with van der Waals surface area (Å²) in [4.78, 5) is 0.577. The van der Waals surface area contributed by atoms with Gasteiger partial charge >= 0.3 is 0 Å². The summed E-state index contributed by atoms with van der Waals surface area (Å²) in [6.07, 6.45) is 3.34. The van der Waals surface area contributed by atoms with Gasteiger partial charge in [0.2, 0.25) is 5.88 Å². The minimum atomic E-state index is -0.235. The third kappa shape index (κ3) is 1.83. The molecule has 0 amide bonds. The van der Waals surface area contributed by atoms with Crippen LogP contribution < -0.4 is 5.73 Å². The predicted octanol–water partition coefficient (Wildman–Crippen LogP) is 2.78. The van der Waals surface area contributed by atoms with Crippen LogP contribution in [0.2, 0.25) is 0 Å². The van der Waals surface area contributed by atoms with Crippen molar-refractivity contribution in [2.45, 2.75) is 4.90 Å². The minimum absolute atomic E-state index is 0.235. The van der Waals surface area contributed by atoms with E-state index in [1.165, 1.54) is 24.0 Å². The van der Waals surface area contributed by atoms with Crippen LogP contribution in [0.3, 0.4) is 0 Å². The monoisotopic (exact) mass is 224 g/mol. The average Bonchev–Trinajstić information content (AvgIpc) is 2.65. The molecular formula is C10H9FN2OS. The summed E-state index contributed by atoms with van der Waals surface area (Å²) >= 11 is 1.35. The van der Waals surface area contributed by atoms with E-state index in [1.807, 2.05) is 6.26 Å². The summed E-state index contributed by atoms with van der Waals surface area (Å²) in [5, 5.41) is 3.58. The number of thioether (sulfide) groups is 1. The van der Waals surface area contributed by atoms with Crippen molar-refractivity contribution < 1.29 is 8.91 Å². The van der Waals surface area contributed by atoms with Crippen molar-refractivity contribution in [3.63, 3.8) is 0 Å². The lowest BCUT2D eigenvalue weighted by atomic mass is 10.1. The average molecular weight is 224 g/mol. The minimum Gasteiger partial charge on any atom is -0.367 e. The highest BCUT2D eigenvalue weighted by Crippen LogP contribution is 2.29. The largest absolute Gasteiger partial charge is 0.367 e. The van der Waals surface area contributed by atoms with E-state index < -0.39 is 0 Å². The third-order valence-electron chi connectivity index (χ3n) is 2.06. The molecule has 1 aromatic carbocycles. The van der Waals surface area contributed by atoms with Crippen LogP contribution in [-0.4, -0.2) is 11.4 Å². The number of anilines is 1. The van der Waals surface area contributed by atoms with Gasteiger partial charge in [0.1, 0.15) is 5.82 Å². The fraction of sp³-hybridized carbons (Fsp3) is 0.100.